The summed E-state index contributed by atoms with van der Waals surface area (Å²) in [6, 6.07) is 4.78. The summed E-state index contributed by atoms with van der Waals surface area (Å²) in [6.07, 6.45) is 2.74. The van der Waals surface area contributed by atoms with Crippen molar-refractivity contribution in [1.82, 2.24) is 4.90 Å². The minimum Gasteiger partial charge on any atom is -0.313 e. The van der Waals surface area contributed by atoms with E-state index < -0.39 is 5.66 Å². The van der Waals surface area contributed by atoms with Crippen LogP contribution in [0.3, 0.4) is 0 Å². The Morgan fingerprint density at radius 1 is 1.42 bits per heavy atom. The van der Waals surface area contributed by atoms with Crippen molar-refractivity contribution in [3.05, 3.63) is 34.6 Å². The number of benzene rings is 1. The average Bonchev–Trinajstić information content (AvgIpc) is 2.35. The number of piperidine rings is 1. The van der Waals surface area contributed by atoms with E-state index in [1.165, 1.54) is 6.07 Å². The molecule has 0 bridgehead atoms. The second-order valence-corrected chi connectivity index (χ2v) is 6.31. The van der Waals surface area contributed by atoms with Crippen LogP contribution in [0.15, 0.2) is 18.2 Å². The number of halogens is 2. The van der Waals surface area contributed by atoms with Crippen LogP contribution < -0.4 is 5.73 Å². The third-order valence-electron chi connectivity index (χ3n) is 4.10. The van der Waals surface area contributed by atoms with Crippen LogP contribution in [0.5, 0.6) is 0 Å². The lowest BCUT2D eigenvalue weighted by Crippen LogP contribution is -2.57. The summed E-state index contributed by atoms with van der Waals surface area (Å²) in [5, 5.41) is 0.460. The van der Waals surface area contributed by atoms with Gasteiger partial charge in [0, 0.05) is 30.1 Å². The first-order valence-corrected chi connectivity index (χ1v) is 7.25. The van der Waals surface area contributed by atoms with Gasteiger partial charge in [0.05, 0.1) is 5.66 Å². The van der Waals surface area contributed by atoms with Gasteiger partial charge in [0.1, 0.15) is 5.82 Å². The van der Waals surface area contributed by atoms with Crippen LogP contribution in [0.25, 0.3) is 0 Å². The Morgan fingerprint density at radius 2 is 2.05 bits per heavy atom. The van der Waals surface area contributed by atoms with Crippen molar-refractivity contribution in [3.63, 3.8) is 0 Å². The van der Waals surface area contributed by atoms with Gasteiger partial charge in [-0.25, -0.2) is 4.39 Å². The molecule has 2 nitrogen and oxygen atoms in total. The number of likely N-dealkylation sites (tertiary alicyclic amines) is 1. The first-order chi connectivity index (χ1) is 8.90. The Hall–Kier alpha value is -0.640. The van der Waals surface area contributed by atoms with E-state index >= 15 is 0 Å². The Bertz CT molecular complexity index is 420. The van der Waals surface area contributed by atoms with Crippen LogP contribution in [-0.2, 0) is 6.42 Å². The lowest BCUT2D eigenvalue weighted by atomic mass is 9.93. The molecule has 0 radical (unpaired) electrons. The van der Waals surface area contributed by atoms with E-state index in [9.17, 15) is 4.39 Å². The molecule has 1 fully saturated rings. The fourth-order valence-electron chi connectivity index (χ4n) is 2.69. The quantitative estimate of drug-likeness (QED) is 0.921. The van der Waals surface area contributed by atoms with Crippen molar-refractivity contribution < 1.29 is 4.39 Å². The van der Waals surface area contributed by atoms with Crippen LogP contribution in [-0.4, -0.2) is 23.7 Å². The van der Waals surface area contributed by atoms with Crippen molar-refractivity contribution in [2.75, 3.05) is 13.1 Å². The molecule has 0 amide bonds. The van der Waals surface area contributed by atoms with Gasteiger partial charge in [0.25, 0.3) is 0 Å². The first kappa shape index (κ1) is 14.8. The molecule has 0 aliphatic carbocycles. The highest BCUT2D eigenvalue weighted by atomic mass is 35.5. The minimum atomic E-state index is -0.550. The smallest absolute Gasteiger partial charge is 0.128 e. The minimum absolute atomic E-state index is 0.269. The topological polar surface area (TPSA) is 29.3 Å². The third kappa shape index (κ3) is 3.47. The normalized spacial score (nSPS) is 21.3. The Balaban J connectivity index is 2.12. The van der Waals surface area contributed by atoms with Gasteiger partial charge in [-0.1, -0.05) is 24.6 Å². The first-order valence-electron chi connectivity index (χ1n) is 6.87. The molecule has 1 unspecified atom stereocenters. The van der Waals surface area contributed by atoms with Crippen molar-refractivity contribution in [3.8, 4) is 0 Å². The SMILES string of the molecule is CC1CCN(C(C)(N)Cc2c(F)cccc2Cl)CC1. The van der Waals surface area contributed by atoms with Gasteiger partial charge < -0.3 is 5.73 Å². The molecule has 1 aliphatic heterocycles. The summed E-state index contributed by atoms with van der Waals surface area (Å²) in [5.41, 5.74) is 6.38. The van der Waals surface area contributed by atoms with Gasteiger partial charge in [-0.05, 0) is 37.8 Å². The van der Waals surface area contributed by atoms with E-state index in [1.54, 1.807) is 12.1 Å². The largest absolute Gasteiger partial charge is 0.313 e. The Labute approximate surface area is 119 Å². The van der Waals surface area contributed by atoms with Gasteiger partial charge in [0.15, 0.2) is 0 Å². The van der Waals surface area contributed by atoms with Gasteiger partial charge >= 0.3 is 0 Å². The van der Waals surface area contributed by atoms with E-state index in [4.69, 9.17) is 17.3 Å². The van der Waals surface area contributed by atoms with Gasteiger partial charge in [0.2, 0.25) is 0 Å². The molecule has 2 rings (SSSR count). The van der Waals surface area contributed by atoms with Crippen LogP contribution >= 0.6 is 11.6 Å². The molecule has 1 heterocycles. The van der Waals surface area contributed by atoms with Crippen molar-refractivity contribution in [2.45, 2.75) is 38.8 Å². The molecule has 1 aromatic carbocycles. The van der Waals surface area contributed by atoms with Gasteiger partial charge in [-0.15, -0.1) is 0 Å². The highest BCUT2D eigenvalue weighted by molar-refractivity contribution is 6.31. The van der Waals surface area contributed by atoms with Gasteiger partial charge in [-0.2, -0.15) is 0 Å². The molecular formula is C15H22ClFN2. The summed E-state index contributed by atoms with van der Waals surface area (Å²) in [4.78, 5) is 2.25. The monoisotopic (exact) mass is 284 g/mol. The lowest BCUT2D eigenvalue weighted by Gasteiger charge is -2.42. The maximum Gasteiger partial charge on any atom is 0.128 e. The standard InChI is InChI=1S/C15H22ClFN2/c1-11-6-8-19(9-7-11)15(2,18)10-12-13(16)4-3-5-14(12)17/h3-5,11H,6-10,18H2,1-2H3. The number of nitrogens with two attached hydrogens (primary N) is 1. The second-order valence-electron chi connectivity index (χ2n) is 5.90. The predicted molar refractivity (Wildman–Crippen MR) is 77.7 cm³/mol. The molecule has 1 saturated heterocycles. The van der Waals surface area contributed by atoms with Crippen LogP contribution in [0.2, 0.25) is 5.02 Å². The van der Waals surface area contributed by atoms with Crippen molar-refractivity contribution in [2.24, 2.45) is 11.7 Å². The number of nitrogens with zero attached hydrogens (tertiary/aromatic N) is 1. The number of rotatable bonds is 3. The van der Waals surface area contributed by atoms with E-state index in [0.29, 0.717) is 17.0 Å². The maximum atomic E-state index is 13.9. The molecule has 1 aromatic rings. The van der Waals surface area contributed by atoms with E-state index in [1.807, 2.05) is 6.92 Å². The second kappa shape index (κ2) is 5.78. The van der Waals surface area contributed by atoms with Crippen LogP contribution in [0.1, 0.15) is 32.3 Å². The summed E-state index contributed by atoms with van der Waals surface area (Å²) >= 11 is 6.08. The average molecular weight is 285 g/mol. The van der Waals surface area contributed by atoms with E-state index in [-0.39, 0.29) is 5.82 Å². The zero-order chi connectivity index (χ0) is 14.0. The molecule has 2 N–H and O–H groups in total. The summed E-state index contributed by atoms with van der Waals surface area (Å²) in [5.74, 6) is 0.485. The number of hydrogen-bond acceptors (Lipinski definition) is 2. The highest BCUT2D eigenvalue weighted by Crippen LogP contribution is 2.27. The molecular weight excluding hydrogens is 263 g/mol. The Morgan fingerprint density at radius 3 is 2.63 bits per heavy atom. The fourth-order valence-corrected chi connectivity index (χ4v) is 2.92. The summed E-state index contributed by atoms with van der Waals surface area (Å²) in [6.45, 7) is 6.17. The zero-order valence-electron chi connectivity index (χ0n) is 11.6. The zero-order valence-corrected chi connectivity index (χ0v) is 12.4. The molecule has 19 heavy (non-hydrogen) atoms. The summed E-state index contributed by atoms with van der Waals surface area (Å²) in [7, 11) is 0. The maximum absolute atomic E-state index is 13.9. The Kier molecular flexibility index (Phi) is 4.49. The molecule has 106 valence electrons. The lowest BCUT2D eigenvalue weighted by molar-refractivity contribution is 0.0689. The molecule has 1 aliphatic rings. The van der Waals surface area contributed by atoms with Crippen molar-refractivity contribution in [1.29, 1.82) is 0 Å². The molecule has 1 atom stereocenters. The van der Waals surface area contributed by atoms with Crippen molar-refractivity contribution >= 4 is 11.6 Å². The predicted octanol–water partition coefficient (Wildman–Crippen LogP) is 3.43. The fraction of sp³-hybridized carbons (Fsp3) is 0.600. The molecule has 0 saturated carbocycles. The molecule has 4 heteroatoms. The van der Waals surface area contributed by atoms with E-state index in [2.05, 4.69) is 11.8 Å². The van der Waals surface area contributed by atoms with Gasteiger partial charge in [-0.3, -0.25) is 4.90 Å². The van der Waals surface area contributed by atoms with Crippen LogP contribution in [0, 0.1) is 11.7 Å². The van der Waals surface area contributed by atoms with Crippen LogP contribution in [0.4, 0.5) is 4.39 Å². The molecule has 0 spiro atoms. The highest BCUT2D eigenvalue weighted by Gasteiger charge is 2.31. The number of hydrogen-bond donors (Lipinski definition) is 1. The van der Waals surface area contributed by atoms with E-state index in [0.717, 1.165) is 31.8 Å². The summed E-state index contributed by atoms with van der Waals surface area (Å²) < 4.78 is 13.9. The third-order valence-corrected chi connectivity index (χ3v) is 4.46. The molecule has 0 aromatic heterocycles.